The summed E-state index contributed by atoms with van der Waals surface area (Å²) in [5.41, 5.74) is 7.16. The molecule has 3 N–H and O–H groups in total. The maximum atomic E-state index is 7.44. The third-order valence-electron chi connectivity index (χ3n) is 2.86. The average molecular weight is 354 g/mol. The summed E-state index contributed by atoms with van der Waals surface area (Å²) in [4.78, 5) is 0. The maximum Gasteiger partial charge on any atom is 0.128 e. The quantitative estimate of drug-likeness (QED) is 0.616. The van der Waals surface area contributed by atoms with Crippen LogP contribution in [-0.4, -0.2) is 5.84 Å². The van der Waals surface area contributed by atoms with Crippen LogP contribution in [0.4, 0.5) is 0 Å². The van der Waals surface area contributed by atoms with E-state index in [0.29, 0.717) is 11.3 Å². The van der Waals surface area contributed by atoms with Gasteiger partial charge in [0.1, 0.15) is 17.3 Å². The molecule has 3 nitrogen and oxygen atoms in total. The van der Waals surface area contributed by atoms with Crippen molar-refractivity contribution in [1.82, 2.24) is 0 Å². The van der Waals surface area contributed by atoms with Crippen molar-refractivity contribution in [3.05, 3.63) is 57.0 Å². The van der Waals surface area contributed by atoms with E-state index in [2.05, 4.69) is 15.9 Å². The zero-order valence-electron chi connectivity index (χ0n) is 10.9. The lowest BCUT2D eigenvalue weighted by Crippen LogP contribution is -2.11. The maximum absolute atomic E-state index is 7.44. The van der Waals surface area contributed by atoms with Crippen LogP contribution in [0.25, 0.3) is 0 Å². The Labute approximate surface area is 131 Å². The van der Waals surface area contributed by atoms with E-state index in [1.807, 2.05) is 25.1 Å². The van der Waals surface area contributed by atoms with E-state index < -0.39 is 0 Å². The molecule has 2 aromatic carbocycles. The largest absolute Gasteiger partial charge is 0.457 e. The van der Waals surface area contributed by atoms with Gasteiger partial charge in [0, 0.05) is 15.1 Å². The van der Waals surface area contributed by atoms with Crippen LogP contribution in [0.3, 0.4) is 0 Å². The van der Waals surface area contributed by atoms with E-state index in [0.717, 1.165) is 27.2 Å². The molecule has 2 rings (SSSR count). The second-order valence-electron chi connectivity index (χ2n) is 4.26. The van der Waals surface area contributed by atoms with Gasteiger partial charge in [0.2, 0.25) is 0 Å². The molecule has 5 heteroatoms. The molecule has 0 aliphatic heterocycles. The summed E-state index contributed by atoms with van der Waals surface area (Å²) in [6.07, 6.45) is 0.850. The molecule has 20 heavy (non-hydrogen) atoms. The van der Waals surface area contributed by atoms with Crippen LogP contribution in [0, 0.1) is 5.41 Å². The van der Waals surface area contributed by atoms with Gasteiger partial charge in [-0.15, -0.1) is 0 Å². The van der Waals surface area contributed by atoms with E-state index in [1.165, 1.54) is 0 Å². The first-order valence-corrected chi connectivity index (χ1v) is 7.28. The summed E-state index contributed by atoms with van der Waals surface area (Å²) in [7, 11) is 0. The number of ether oxygens (including phenoxy) is 1. The van der Waals surface area contributed by atoms with Crippen LogP contribution in [0.5, 0.6) is 11.5 Å². The van der Waals surface area contributed by atoms with Crippen LogP contribution in [0.1, 0.15) is 18.1 Å². The molecule has 0 saturated heterocycles. The van der Waals surface area contributed by atoms with Crippen molar-refractivity contribution in [2.45, 2.75) is 13.3 Å². The number of aryl methyl sites for hydroxylation is 1. The molecular formula is C15H14BrClN2O. The molecule has 0 amide bonds. The van der Waals surface area contributed by atoms with Crippen molar-refractivity contribution in [2.24, 2.45) is 5.73 Å². The number of nitrogens with two attached hydrogens (primary N) is 1. The number of halogens is 2. The van der Waals surface area contributed by atoms with Gasteiger partial charge >= 0.3 is 0 Å². The molecule has 0 spiro atoms. The summed E-state index contributed by atoms with van der Waals surface area (Å²) in [6, 6.07) is 10.9. The Morgan fingerprint density at radius 2 is 1.90 bits per heavy atom. The first-order chi connectivity index (χ1) is 9.51. The van der Waals surface area contributed by atoms with Gasteiger partial charge in [-0.05, 0) is 64.3 Å². The Morgan fingerprint density at radius 3 is 2.50 bits per heavy atom. The molecule has 0 unspecified atom stereocenters. The third kappa shape index (κ3) is 3.32. The van der Waals surface area contributed by atoms with E-state index in [9.17, 15) is 0 Å². The minimum absolute atomic E-state index is 0.0168. The Hall–Kier alpha value is -1.52. The minimum Gasteiger partial charge on any atom is -0.457 e. The van der Waals surface area contributed by atoms with Crippen LogP contribution < -0.4 is 10.5 Å². The van der Waals surface area contributed by atoms with Crippen molar-refractivity contribution in [2.75, 3.05) is 0 Å². The molecular weight excluding hydrogens is 340 g/mol. The lowest BCUT2D eigenvalue weighted by Gasteiger charge is -2.10. The zero-order chi connectivity index (χ0) is 14.7. The Bertz CT molecular complexity index is 658. The summed E-state index contributed by atoms with van der Waals surface area (Å²) < 4.78 is 6.52. The summed E-state index contributed by atoms with van der Waals surface area (Å²) in [5, 5.41) is 8.18. The molecule has 0 bridgehead atoms. The molecule has 0 radical (unpaired) electrons. The number of nitrogen functional groups attached to an aromatic ring is 1. The molecule has 104 valence electrons. The fourth-order valence-electron chi connectivity index (χ4n) is 1.80. The highest BCUT2D eigenvalue weighted by Gasteiger charge is 2.07. The predicted molar refractivity (Wildman–Crippen MR) is 86.1 cm³/mol. The molecule has 0 heterocycles. The van der Waals surface area contributed by atoms with Crippen molar-refractivity contribution in [3.8, 4) is 11.5 Å². The number of rotatable bonds is 4. The first kappa shape index (κ1) is 14.9. The van der Waals surface area contributed by atoms with Crippen molar-refractivity contribution in [1.29, 1.82) is 5.41 Å². The number of nitrogens with one attached hydrogen (secondary N) is 1. The lowest BCUT2D eigenvalue weighted by atomic mass is 10.1. The highest BCUT2D eigenvalue weighted by molar-refractivity contribution is 9.10. The lowest BCUT2D eigenvalue weighted by molar-refractivity contribution is 0.481. The molecule has 0 fully saturated rings. The molecule has 0 saturated carbocycles. The predicted octanol–water partition coefficient (Wildman–Crippen LogP) is 4.74. The second-order valence-corrected chi connectivity index (χ2v) is 5.53. The summed E-state index contributed by atoms with van der Waals surface area (Å²) in [5.74, 6) is 1.42. The van der Waals surface area contributed by atoms with E-state index in [1.54, 1.807) is 18.2 Å². The van der Waals surface area contributed by atoms with Crippen LogP contribution in [0.2, 0.25) is 5.02 Å². The topological polar surface area (TPSA) is 59.1 Å². The Morgan fingerprint density at radius 1 is 1.25 bits per heavy atom. The molecule has 2 aromatic rings. The normalized spacial score (nSPS) is 10.3. The molecule has 0 aliphatic rings. The van der Waals surface area contributed by atoms with E-state index in [-0.39, 0.29) is 5.84 Å². The smallest absolute Gasteiger partial charge is 0.128 e. The molecule has 0 aliphatic carbocycles. The summed E-state index contributed by atoms with van der Waals surface area (Å²) >= 11 is 9.46. The average Bonchev–Trinajstić information content (AvgIpc) is 2.40. The van der Waals surface area contributed by atoms with Crippen LogP contribution in [0.15, 0.2) is 40.9 Å². The zero-order valence-corrected chi connectivity index (χ0v) is 13.3. The molecule has 0 aromatic heterocycles. The minimum atomic E-state index is 0.0168. The van der Waals surface area contributed by atoms with Gasteiger partial charge in [0.05, 0.1) is 0 Å². The van der Waals surface area contributed by atoms with Crippen molar-refractivity contribution >= 4 is 33.4 Å². The number of benzene rings is 2. The number of hydrogen-bond donors (Lipinski definition) is 2. The van der Waals surface area contributed by atoms with Crippen molar-refractivity contribution < 1.29 is 4.74 Å². The Balaban J connectivity index is 2.26. The van der Waals surface area contributed by atoms with E-state index >= 15 is 0 Å². The highest BCUT2D eigenvalue weighted by atomic mass is 79.9. The number of hydrogen-bond acceptors (Lipinski definition) is 2. The van der Waals surface area contributed by atoms with Gasteiger partial charge < -0.3 is 10.5 Å². The fourth-order valence-corrected chi connectivity index (χ4v) is 2.62. The van der Waals surface area contributed by atoms with Crippen molar-refractivity contribution in [3.63, 3.8) is 0 Å². The van der Waals surface area contributed by atoms with Gasteiger partial charge in [-0.25, -0.2) is 0 Å². The van der Waals surface area contributed by atoms with Gasteiger partial charge in [-0.1, -0.05) is 18.5 Å². The third-order valence-corrected chi connectivity index (χ3v) is 3.89. The number of amidine groups is 1. The molecule has 0 atom stereocenters. The van der Waals surface area contributed by atoms with Gasteiger partial charge in [-0.3, -0.25) is 5.41 Å². The van der Waals surface area contributed by atoms with E-state index in [4.69, 9.17) is 27.5 Å². The SMILES string of the molecule is CCc1cc(Oc2ccc(C(=N)N)c(Br)c2)ccc1Cl. The first-order valence-electron chi connectivity index (χ1n) is 6.11. The van der Waals surface area contributed by atoms with Crippen LogP contribution in [-0.2, 0) is 6.42 Å². The Kier molecular flexibility index (Phi) is 4.68. The second kappa shape index (κ2) is 6.29. The van der Waals surface area contributed by atoms with Gasteiger partial charge in [0.15, 0.2) is 0 Å². The standard InChI is InChI=1S/C15H14BrClN2O/c1-2-9-7-10(4-6-14(9)17)20-11-3-5-12(15(18)19)13(16)8-11/h3-8H,2H2,1H3,(H3,18,19). The van der Waals surface area contributed by atoms with Crippen LogP contribution >= 0.6 is 27.5 Å². The van der Waals surface area contributed by atoms with Gasteiger partial charge in [0.25, 0.3) is 0 Å². The summed E-state index contributed by atoms with van der Waals surface area (Å²) in [6.45, 7) is 2.04. The monoisotopic (exact) mass is 352 g/mol. The highest BCUT2D eigenvalue weighted by Crippen LogP contribution is 2.29. The van der Waals surface area contributed by atoms with Gasteiger partial charge in [-0.2, -0.15) is 0 Å². The fraction of sp³-hybridized carbons (Fsp3) is 0.133.